The van der Waals surface area contributed by atoms with Crippen LogP contribution in [0.2, 0.25) is 0 Å². The summed E-state index contributed by atoms with van der Waals surface area (Å²) in [7, 11) is 1.40. The van der Waals surface area contributed by atoms with Crippen molar-refractivity contribution in [3.63, 3.8) is 0 Å². The van der Waals surface area contributed by atoms with Crippen LogP contribution in [0.4, 0.5) is 5.69 Å². The molecule has 2 rings (SSSR count). The molecule has 3 N–H and O–H groups in total. The van der Waals surface area contributed by atoms with E-state index in [2.05, 4.69) is 10.1 Å². The summed E-state index contributed by atoms with van der Waals surface area (Å²) < 4.78 is 4.64. The quantitative estimate of drug-likeness (QED) is 0.505. The van der Waals surface area contributed by atoms with Crippen LogP contribution in [0.1, 0.15) is 50.5 Å². The molecule has 5 nitrogen and oxygen atoms in total. The fourth-order valence-electron chi connectivity index (χ4n) is 3.49. The van der Waals surface area contributed by atoms with Crippen LogP contribution >= 0.6 is 11.8 Å². The minimum atomic E-state index is -0.185. The second kappa shape index (κ2) is 10.6. The first-order valence-corrected chi connectivity index (χ1v) is 10.5. The van der Waals surface area contributed by atoms with Crippen LogP contribution in [-0.2, 0) is 20.1 Å². The van der Waals surface area contributed by atoms with Gasteiger partial charge in [0.2, 0.25) is 5.91 Å². The Hall–Kier alpha value is -1.53. The molecule has 0 bridgehead atoms. The van der Waals surface area contributed by atoms with E-state index in [1.807, 2.05) is 24.3 Å². The maximum absolute atomic E-state index is 12.5. The molecule has 1 aliphatic rings. The lowest BCUT2D eigenvalue weighted by Crippen LogP contribution is -2.36. The van der Waals surface area contributed by atoms with Gasteiger partial charge in [0.05, 0.1) is 13.5 Å². The molecular weight excluding hydrogens is 348 g/mol. The van der Waals surface area contributed by atoms with E-state index in [1.54, 1.807) is 11.8 Å². The van der Waals surface area contributed by atoms with Crippen molar-refractivity contribution in [2.75, 3.05) is 24.7 Å². The maximum atomic E-state index is 12.5. The van der Waals surface area contributed by atoms with E-state index in [4.69, 9.17) is 5.73 Å². The smallest absolute Gasteiger partial charge is 0.306 e. The molecule has 0 saturated heterocycles. The highest BCUT2D eigenvalue weighted by Crippen LogP contribution is 2.38. The topological polar surface area (TPSA) is 81.4 Å². The predicted octanol–water partition coefficient (Wildman–Crippen LogP) is 3.72. The summed E-state index contributed by atoms with van der Waals surface area (Å²) in [6.07, 6.45) is 6.60. The first-order valence-electron chi connectivity index (χ1n) is 9.30. The van der Waals surface area contributed by atoms with Gasteiger partial charge in [-0.25, -0.2) is 0 Å². The summed E-state index contributed by atoms with van der Waals surface area (Å²) >= 11 is 1.68. The van der Waals surface area contributed by atoms with Gasteiger partial charge in [0.25, 0.3) is 0 Å². The number of anilines is 1. The Morgan fingerprint density at radius 1 is 1.27 bits per heavy atom. The van der Waals surface area contributed by atoms with E-state index >= 15 is 0 Å². The van der Waals surface area contributed by atoms with Gasteiger partial charge in [-0.3, -0.25) is 9.59 Å². The molecule has 0 spiro atoms. The predicted molar refractivity (Wildman–Crippen MR) is 107 cm³/mol. The summed E-state index contributed by atoms with van der Waals surface area (Å²) in [5.74, 6) is 1.39. The summed E-state index contributed by atoms with van der Waals surface area (Å²) in [5, 5.41) is 3.03. The average Bonchev–Trinajstić information content (AvgIpc) is 2.66. The Morgan fingerprint density at radius 2 is 2.04 bits per heavy atom. The Kier molecular flexibility index (Phi) is 8.45. The molecule has 0 aliphatic heterocycles. The number of benzene rings is 1. The lowest BCUT2D eigenvalue weighted by Gasteiger charge is -2.35. The molecular formula is C20H30N2O3S. The molecule has 1 aromatic rings. The molecule has 1 aliphatic carbocycles. The average molecular weight is 379 g/mol. The Morgan fingerprint density at radius 3 is 2.73 bits per heavy atom. The number of esters is 1. The third-order valence-electron chi connectivity index (χ3n) is 5.04. The molecule has 0 aromatic heterocycles. The van der Waals surface area contributed by atoms with Crippen LogP contribution in [0.5, 0.6) is 0 Å². The fraction of sp³-hybridized carbons (Fsp3) is 0.600. The molecule has 1 fully saturated rings. The Bertz CT molecular complexity index is 600. The van der Waals surface area contributed by atoms with Crippen LogP contribution in [0, 0.1) is 5.41 Å². The van der Waals surface area contributed by atoms with Gasteiger partial charge in [0.1, 0.15) is 0 Å². The molecule has 1 amide bonds. The number of carbonyl (C=O) groups is 2. The lowest BCUT2D eigenvalue weighted by molar-refractivity contribution is -0.140. The van der Waals surface area contributed by atoms with Crippen LogP contribution in [0.3, 0.4) is 0 Å². The molecule has 144 valence electrons. The number of hydrogen-bond donors (Lipinski definition) is 2. The van der Waals surface area contributed by atoms with E-state index in [9.17, 15) is 9.59 Å². The van der Waals surface area contributed by atoms with Gasteiger partial charge in [-0.1, -0.05) is 31.4 Å². The number of nitrogens with two attached hydrogens (primary N) is 1. The summed E-state index contributed by atoms with van der Waals surface area (Å²) in [6, 6.07) is 7.89. The SMILES string of the molecule is COC(=O)CCSCc1cccc(NC(=O)CC2(CN)CCCCC2)c1. The van der Waals surface area contributed by atoms with E-state index in [-0.39, 0.29) is 17.3 Å². The molecule has 0 atom stereocenters. The molecule has 1 aromatic carbocycles. The zero-order valence-electron chi connectivity index (χ0n) is 15.6. The van der Waals surface area contributed by atoms with E-state index in [0.29, 0.717) is 19.4 Å². The van der Waals surface area contributed by atoms with Crippen molar-refractivity contribution in [3.8, 4) is 0 Å². The largest absolute Gasteiger partial charge is 0.469 e. The van der Waals surface area contributed by atoms with Crippen molar-refractivity contribution in [1.29, 1.82) is 0 Å². The van der Waals surface area contributed by atoms with Crippen LogP contribution < -0.4 is 11.1 Å². The fourth-order valence-corrected chi connectivity index (χ4v) is 4.36. The number of carbonyl (C=O) groups excluding carboxylic acids is 2. The first-order chi connectivity index (χ1) is 12.6. The molecule has 0 radical (unpaired) electrons. The monoisotopic (exact) mass is 378 g/mol. The highest BCUT2D eigenvalue weighted by atomic mass is 32.2. The van der Waals surface area contributed by atoms with Gasteiger partial charge in [0, 0.05) is 23.6 Å². The summed E-state index contributed by atoms with van der Waals surface area (Å²) in [4.78, 5) is 23.6. The second-order valence-electron chi connectivity index (χ2n) is 7.07. The zero-order valence-corrected chi connectivity index (χ0v) is 16.4. The minimum Gasteiger partial charge on any atom is -0.469 e. The van der Waals surface area contributed by atoms with Crippen molar-refractivity contribution < 1.29 is 14.3 Å². The number of nitrogens with one attached hydrogen (secondary N) is 1. The maximum Gasteiger partial charge on any atom is 0.306 e. The van der Waals surface area contributed by atoms with Gasteiger partial charge in [0.15, 0.2) is 0 Å². The van der Waals surface area contributed by atoms with Crippen molar-refractivity contribution in [2.45, 2.75) is 50.7 Å². The van der Waals surface area contributed by atoms with Gasteiger partial charge >= 0.3 is 5.97 Å². The second-order valence-corrected chi connectivity index (χ2v) is 8.17. The third kappa shape index (κ3) is 6.65. The van der Waals surface area contributed by atoms with Crippen LogP contribution in [-0.4, -0.2) is 31.3 Å². The van der Waals surface area contributed by atoms with Crippen LogP contribution in [0.15, 0.2) is 24.3 Å². The Balaban J connectivity index is 1.83. The standard InChI is InChI=1S/C20H30N2O3S/c1-25-19(24)8-11-26-14-16-6-5-7-17(12-16)22-18(23)13-20(15-21)9-3-2-4-10-20/h5-7,12H,2-4,8-11,13-15,21H2,1H3,(H,22,23). The number of hydrogen-bond acceptors (Lipinski definition) is 5. The van der Waals surface area contributed by atoms with Gasteiger partial charge in [-0.15, -0.1) is 0 Å². The van der Waals surface area contributed by atoms with E-state index in [1.165, 1.54) is 26.4 Å². The van der Waals surface area contributed by atoms with Crippen molar-refractivity contribution in [1.82, 2.24) is 0 Å². The van der Waals surface area contributed by atoms with Gasteiger partial charge < -0.3 is 15.8 Å². The van der Waals surface area contributed by atoms with E-state index < -0.39 is 0 Å². The van der Waals surface area contributed by atoms with Gasteiger partial charge in [-0.05, 0) is 42.5 Å². The van der Waals surface area contributed by atoms with E-state index in [0.717, 1.165) is 35.6 Å². The number of methoxy groups -OCH3 is 1. The number of thioether (sulfide) groups is 1. The number of amides is 1. The summed E-state index contributed by atoms with van der Waals surface area (Å²) in [6.45, 7) is 0.581. The minimum absolute atomic E-state index is 0.0241. The number of ether oxygens (including phenoxy) is 1. The molecule has 0 unspecified atom stereocenters. The summed E-state index contributed by atoms with van der Waals surface area (Å²) in [5.41, 5.74) is 7.92. The normalized spacial score (nSPS) is 16.1. The lowest BCUT2D eigenvalue weighted by atomic mass is 9.71. The first kappa shape index (κ1) is 20.8. The highest BCUT2D eigenvalue weighted by molar-refractivity contribution is 7.98. The van der Waals surface area contributed by atoms with Crippen LogP contribution in [0.25, 0.3) is 0 Å². The van der Waals surface area contributed by atoms with Crippen molar-refractivity contribution in [3.05, 3.63) is 29.8 Å². The van der Waals surface area contributed by atoms with Gasteiger partial charge in [-0.2, -0.15) is 11.8 Å². The number of rotatable bonds is 9. The highest BCUT2D eigenvalue weighted by Gasteiger charge is 2.32. The third-order valence-corrected chi connectivity index (χ3v) is 6.07. The molecule has 6 heteroatoms. The van der Waals surface area contributed by atoms with Crippen molar-refractivity contribution >= 4 is 29.3 Å². The zero-order chi connectivity index (χ0) is 18.8. The van der Waals surface area contributed by atoms with Crippen molar-refractivity contribution in [2.24, 2.45) is 11.1 Å². The molecule has 26 heavy (non-hydrogen) atoms. The molecule has 0 heterocycles. The molecule has 1 saturated carbocycles. The Labute approximate surface area is 160 Å².